The monoisotopic (exact) mass is 165 g/mol. The first-order valence-corrected chi connectivity index (χ1v) is 4.04. The van der Waals surface area contributed by atoms with Gasteiger partial charge in [-0.3, -0.25) is 9.78 Å². The molecule has 0 amide bonds. The molecule has 2 rings (SSSR count). The first-order chi connectivity index (χ1) is 5.66. The van der Waals surface area contributed by atoms with Crippen LogP contribution in [0.1, 0.15) is 18.2 Å². The van der Waals surface area contributed by atoms with Crippen LogP contribution in [0.25, 0.3) is 0 Å². The molecule has 0 fully saturated rings. The minimum Gasteiger partial charge on any atom is -0.369 e. The van der Waals surface area contributed by atoms with Crippen molar-refractivity contribution in [1.82, 2.24) is 9.97 Å². The molecule has 1 aliphatic rings. The lowest BCUT2D eigenvalue weighted by atomic mass is 10.1. The third-order valence-electron chi connectivity index (χ3n) is 2.21. The van der Waals surface area contributed by atoms with E-state index in [9.17, 15) is 4.79 Å². The Hall–Kier alpha value is -1.32. The molecule has 12 heavy (non-hydrogen) atoms. The van der Waals surface area contributed by atoms with Gasteiger partial charge in [-0.2, -0.15) is 0 Å². The van der Waals surface area contributed by atoms with E-state index >= 15 is 0 Å². The fraction of sp³-hybridized carbons (Fsp3) is 0.500. The predicted molar refractivity (Wildman–Crippen MR) is 45.8 cm³/mol. The second-order valence-corrected chi connectivity index (χ2v) is 3.39. The SMILES string of the molecule is CC1Cc2nc(N)[nH]c(=O)c2C1. The molecule has 0 aromatic carbocycles. The van der Waals surface area contributed by atoms with Gasteiger partial charge >= 0.3 is 0 Å². The van der Waals surface area contributed by atoms with Crippen LogP contribution in [-0.4, -0.2) is 9.97 Å². The van der Waals surface area contributed by atoms with Crippen LogP contribution in [0, 0.1) is 5.92 Å². The van der Waals surface area contributed by atoms with Crippen LogP contribution in [0.15, 0.2) is 4.79 Å². The van der Waals surface area contributed by atoms with Crippen molar-refractivity contribution in [2.75, 3.05) is 5.73 Å². The molecule has 0 saturated heterocycles. The van der Waals surface area contributed by atoms with E-state index in [1.54, 1.807) is 0 Å². The van der Waals surface area contributed by atoms with E-state index in [4.69, 9.17) is 5.73 Å². The number of aromatic amines is 1. The van der Waals surface area contributed by atoms with E-state index in [-0.39, 0.29) is 11.5 Å². The summed E-state index contributed by atoms with van der Waals surface area (Å²) in [4.78, 5) is 17.9. The fourth-order valence-corrected chi connectivity index (χ4v) is 1.69. The van der Waals surface area contributed by atoms with Gasteiger partial charge in [0.25, 0.3) is 5.56 Å². The molecule has 4 heteroatoms. The lowest BCUT2D eigenvalue weighted by Crippen LogP contribution is -2.16. The molecular formula is C8H11N3O. The average Bonchev–Trinajstić information content (AvgIpc) is 2.29. The molecule has 1 aromatic heterocycles. The van der Waals surface area contributed by atoms with Crippen molar-refractivity contribution in [2.45, 2.75) is 19.8 Å². The Morgan fingerprint density at radius 1 is 1.58 bits per heavy atom. The lowest BCUT2D eigenvalue weighted by molar-refractivity contribution is 0.623. The highest BCUT2D eigenvalue weighted by Crippen LogP contribution is 2.21. The number of hydrogen-bond acceptors (Lipinski definition) is 3. The molecule has 1 aliphatic carbocycles. The van der Waals surface area contributed by atoms with Crippen LogP contribution in [0.3, 0.4) is 0 Å². The van der Waals surface area contributed by atoms with Crippen molar-refractivity contribution >= 4 is 5.95 Å². The molecule has 0 radical (unpaired) electrons. The average molecular weight is 165 g/mol. The molecule has 0 aliphatic heterocycles. The summed E-state index contributed by atoms with van der Waals surface area (Å²) in [6.45, 7) is 2.11. The number of nitrogen functional groups attached to an aromatic ring is 1. The zero-order chi connectivity index (χ0) is 8.72. The van der Waals surface area contributed by atoms with Crippen LogP contribution in [0.2, 0.25) is 0 Å². The highest BCUT2D eigenvalue weighted by atomic mass is 16.1. The van der Waals surface area contributed by atoms with Crippen LogP contribution >= 0.6 is 0 Å². The molecular weight excluding hydrogens is 154 g/mol. The predicted octanol–water partition coefficient (Wildman–Crippen LogP) is 0.0868. The largest absolute Gasteiger partial charge is 0.369 e. The van der Waals surface area contributed by atoms with Crippen molar-refractivity contribution in [3.05, 3.63) is 21.6 Å². The number of nitrogens with zero attached hydrogens (tertiary/aromatic N) is 1. The number of fused-ring (bicyclic) bond motifs is 1. The van der Waals surface area contributed by atoms with Gasteiger partial charge in [-0.1, -0.05) is 6.92 Å². The molecule has 1 heterocycles. The fourth-order valence-electron chi connectivity index (χ4n) is 1.69. The first kappa shape index (κ1) is 7.34. The van der Waals surface area contributed by atoms with E-state index in [1.807, 2.05) is 0 Å². The summed E-state index contributed by atoms with van der Waals surface area (Å²) in [5, 5.41) is 0. The maximum atomic E-state index is 11.3. The van der Waals surface area contributed by atoms with E-state index in [1.165, 1.54) is 0 Å². The molecule has 64 valence electrons. The van der Waals surface area contributed by atoms with Gasteiger partial charge in [0.1, 0.15) is 0 Å². The molecule has 1 unspecified atom stereocenters. The number of nitrogens with two attached hydrogens (primary N) is 1. The molecule has 0 spiro atoms. The molecule has 0 bridgehead atoms. The van der Waals surface area contributed by atoms with Crippen molar-refractivity contribution in [3.63, 3.8) is 0 Å². The van der Waals surface area contributed by atoms with E-state index in [0.29, 0.717) is 5.92 Å². The number of rotatable bonds is 0. The van der Waals surface area contributed by atoms with Gasteiger partial charge < -0.3 is 5.73 Å². The maximum absolute atomic E-state index is 11.3. The Bertz CT molecular complexity index is 369. The number of aromatic nitrogens is 2. The zero-order valence-electron chi connectivity index (χ0n) is 6.92. The van der Waals surface area contributed by atoms with Crippen LogP contribution in [0.4, 0.5) is 5.95 Å². The number of H-pyrrole nitrogens is 1. The summed E-state index contributed by atoms with van der Waals surface area (Å²) < 4.78 is 0. The topological polar surface area (TPSA) is 71.8 Å². The Labute approximate surface area is 69.8 Å². The summed E-state index contributed by atoms with van der Waals surface area (Å²) in [6, 6.07) is 0. The summed E-state index contributed by atoms with van der Waals surface area (Å²) in [6.07, 6.45) is 1.71. The Kier molecular flexibility index (Phi) is 1.43. The Morgan fingerprint density at radius 3 is 3.08 bits per heavy atom. The highest BCUT2D eigenvalue weighted by Gasteiger charge is 2.22. The van der Waals surface area contributed by atoms with Gasteiger partial charge in [0.15, 0.2) is 0 Å². The summed E-state index contributed by atoms with van der Waals surface area (Å²) in [5.41, 5.74) is 7.04. The molecule has 3 N–H and O–H groups in total. The van der Waals surface area contributed by atoms with E-state index in [0.717, 1.165) is 24.1 Å². The first-order valence-electron chi connectivity index (χ1n) is 4.04. The quantitative estimate of drug-likeness (QED) is 0.572. The lowest BCUT2D eigenvalue weighted by Gasteiger charge is -1.96. The Morgan fingerprint density at radius 2 is 2.33 bits per heavy atom. The maximum Gasteiger partial charge on any atom is 0.255 e. The van der Waals surface area contributed by atoms with Crippen LogP contribution in [-0.2, 0) is 12.8 Å². The molecule has 1 atom stereocenters. The van der Waals surface area contributed by atoms with Gasteiger partial charge in [0, 0.05) is 5.56 Å². The highest BCUT2D eigenvalue weighted by molar-refractivity contribution is 5.29. The third-order valence-corrected chi connectivity index (χ3v) is 2.21. The molecule has 0 saturated carbocycles. The number of hydrogen-bond donors (Lipinski definition) is 2. The van der Waals surface area contributed by atoms with E-state index < -0.39 is 0 Å². The standard InChI is InChI=1S/C8H11N3O/c1-4-2-5-6(3-4)10-8(9)11-7(5)12/h4H,2-3H2,1H3,(H3,9,10,11,12). The van der Waals surface area contributed by atoms with Crippen molar-refractivity contribution in [1.29, 1.82) is 0 Å². The van der Waals surface area contributed by atoms with Crippen molar-refractivity contribution in [3.8, 4) is 0 Å². The van der Waals surface area contributed by atoms with Gasteiger partial charge in [-0.05, 0) is 18.8 Å². The second kappa shape index (κ2) is 2.33. The van der Waals surface area contributed by atoms with E-state index in [2.05, 4.69) is 16.9 Å². The van der Waals surface area contributed by atoms with Crippen LogP contribution in [0.5, 0.6) is 0 Å². The minimum absolute atomic E-state index is 0.0677. The minimum atomic E-state index is -0.0677. The van der Waals surface area contributed by atoms with Crippen molar-refractivity contribution in [2.24, 2.45) is 5.92 Å². The second-order valence-electron chi connectivity index (χ2n) is 3.39. The van der Waals surface area contributed by atoms with Crippen molar-refractivity contribution < 1.29 is 0 Å². The van der Waals surface area contributed by atoms with Gasteiger partial charge in [0.05, 0.1) is 5.69 Å². The number of nitrogens with one attached hydrogen (secondary N) is 1. The zero-order valence-corrected chi connectivity index (χ0v) is 6.92. The molecule has 4 nitrogen and oxygen atoms in total. The van der Waals surface area contributed by atoms with Gasteiger partial charge in [-0.25, -0.2) is 4.98 Å². The summed E-state index contributed by atoms with van der Waals surface area (Å²) in [7, 11) is 0. The van der Waals surface area contributed by atoms with Gasteiger partial charge in [-0.15, -0.1) is 0 Å². The summed E-state index contributed by atoms with van der Waals surface area (Å²) >= 11 is 0. The smallest absolute Gasteiger partial charge is 0.255 e. The van der Waals surface area contributed by atoms with Gasteiger partial charge in [0.2, 0.25) is 5.95 Å². The van der Waals surface area contributed by atoms with Crippen LogP contribution < -0.4 is 11.3 Å². The number of anilines is 1. The third kappa shape index (κ3) is 0.995. The summed E-state index contributed by atoms with van der Waals surface area (Å²) in [5.74, 6) is 0.753. The Balaban J connectivity index is 2.60. The normalized spacial score (nSPS) is 20.9. The molecule has 1 aromatic rings.